The lowest BCUT2D eigenvalue weighted by Gasteiger charge is -2.16. The number of carbonyl (C=O) groups excluding carboxylic acids is 3. The number of hydrogen-bond acceptors (Lipinski definition) is 5. The highest BCUT2D eigenvalue weighted by molar-refractivity contribution is 6.52. The van der Waals surface area contributed by atoms with Gasteiger partial charge < -0.3 is 9.84 Å². The molecule has 0 saturated carbocycles. The summed E-state index contributed by atoms with van der Waals surface area (Å²) in [5.74, 6) is -2.33. The van der Waals surface area contributed by atoms with E-state index in [1.54, 1.807) is 0 Å². The van der Waals surface area contributed by atoms with Gasteiger partial charge in [-0.05, 0) is 25.1 Å². The fourth-order valence-electron chi connectivity index (χ4n) is 1.79. The average Bonchev–Trinajstić information content (AvgIpc) is 2.41. The number of aliphatic hydroxyl groups is 1. The van der Waals surface area contributed by atoms with Gasteiger partial charge >= 0.3 is 5.97 Å². The Morgan fingerprint density at radius 1 is 1.17 bits per heavy atom. The van der Waals surface area contributed by atoms with Gasteiger partial charge in [-0.15, -0.1) is 0 Å². The zero-order valence-electron chi connectivity index (χ0n) is 9.81. The Morgan fingerprint density at radius 2 is 1.83 bits per heavy atom. The monoisotopic (exact) mass is 246 g/mol. The number of hydrogen-bond donors (Lipinski definition) is 1. The Balaban J connectivity index is 2.65. The van der Waals surface area contributed by atoms with E-state index in [0.29, 0.717) is 0 Å². The molecule has 5 nitrogen and oxygen atoms in total. The van der Waals surface area contributed by atoms with E-state index >= 15 is 0 Å². The molecule has 0 aromatic heterocycles. The molecule has 0 radical (unpaired) electrons. The van der Waals surface area contributed by atoms with Gasteiger partial charge in [0.1, 0.15) is 5.76 Å². The van der Waals surface area contributed by atoms with Crippen molar-refractivity contribution in [3.05, 3.63) is 40.5 Å². The summed E-state index contributed by atoms with van der Waals surface area (Å²) in [6.45, 7) is 1.38. The molecule has 0 saturated heterocycles. The highest BCUT2D eigenvalue weighted by Gasteiger charge is 2.31. The molecule has 0 spiro atoms. The summed E-state index contributed by atoms with van der Waals surface area (Å²) in [7, 11) is 1.22. The molecule has 1 aromatic rings. The molecular weight excluding hydrogens is 236 g/mol. The van der Waals surface area contributed by atoms with Crippen LogP contribution in [0.2, 0.25) is 0 Å². The second kappa shape index (κ2) is 4.10. The molecule has 92 valence electrons. The molecular formula is C13H10O5. The zero-order chi connectivity index (χ0) is 13.4. The third kappa shape index (κ3) is 1.60. The molecule has 0 unspecified atom stereocenters. The minimum atomic E-state index is -0.762. The van der Waals surface area contributed by atoms with E-state index in [0.717, 1.165) is 0 Å². The molecule has 0 atom stereocenters. The average molecular weight is 246 g/mol. The Hall–Kier alpha value is -2.43. The third-order valence-corrected chi connectivity index (χ3v) is 2.84. The van der Waals surface area contributed by atoms with Crippen molar-refractivity contribution in [2.75, 3.05) is 7.11 Å². The van der Waals surface area contributed by atoms with Crippen molar-refractivity contribution >= 4 is 23.3 Å². The van der Waals surface area contributed by atoms with Crippen LogP contribution >= 0.6 is 0 Å². The molecule has 1 aliphatic carbocycles. The number of carbonyl (C=O) groups is 3. The van der Waals surface area contributed by atoms with Crippen LogP contribution in [0.1, 0.15) is 33.2 Å². The summed E-state index contributed by atoms with van der Waals surface area (Å²) in [6, 6.07) is 4.10. The maximum Gasteiger partial charge on any atom is 0.337 e. The SMILES string of the molecule is COC(=O)c1ccc2c(c1)C(=O)C(=O)C(C)=C2O. The van der Waals surface area contributed by atoms with E-state index in [9.17, 15) is 19.5 Å². The molecule has 0 heterocycles. The lowest BCUT2D eigenvalue weighted by molar-refractivity contribution is -0.111. The van der Waals surface area contributed by atoms with Gasteiger partial charge in [-0.3, -0.25) is 9.59 Å². The molecule has 1 aromatic carbocycles. The first kappa shape index (κ1) is 12.0. The van der Waals surface area contributed by atoms with E-state index in [1.807, 2.05) is 0 Å². The molecule has 0 fully saturated rings. The number of benzene rings is 1. The summed E-state index contributed by atoms with van der Waals surface area (Å²) < 4.78 is 4.53. The third-order valence-electron chi connectivity index (χ3n) is 2.84. The molecule has 5 heteroatoms. The van der Waals surface area contributed by atoms with Gasteiger partial charge in [0.2, 0.25) is 11.6 Å². The first-order chi connectivity index (χ1) is 8.47. The van der Waals surface area contributed by atoms with Gasteiger partial charge in [-0.25, -0.2) is 4.79 Å². The largest absolute Gasteiger partial charge is 0.507 e. The van der Waals surface area contributed by atoms with Gasteiger partial charge in [-0.1, -0.05) is 0 Å². The van der Waals surface area contributed by atoms with Crippen LogP contribution in [0.15, 0.2) is 23.8 Å². The van der Waals surface area contributed by atoms with Crippen molar-refractivity contribution in [1.29, 1.82) is 0 Å². The van der Waals surface area contributed by atoms with Gasteiger partial charge in [-0.2, -0.15) is 0 Å². The van der Waals surface area contributed by atoms with Crippen LogP contribution in [-0.4, -0.2) is 29.8 Å². The Kier molecular flexibility index (Phi) is 2.74. The highest BCUT2D eigenvalue weighted by atomic mass is 16.5. The Morgan fingerprint density at radius 3 is 2.44 bits per heavy atom. The van der Waals surface area contributed by atoms with Crippen LogP contribution in [0.25, 0.3) is 5.76 Å². The normalized spacial score (nSPS) is 14.6. The van der Waals surface area contributed by atoms with Gasteiger partial charge in [0.05, 0.1) is 12.7 Å². The van der Waals surface area contributed by atoms with E-state index in [1.165, 1.54) is 32.2 Å². The smallest absolute Gasteiger partial charge is 0.337 e. The van der Waals surface area contributed by atoms with E-state index < -0.39 is 17.5 Å². The molecule has 2 rings (SSSR count). The van der Waals surface area contributed by atoms with E-state index in [2.05, 4.69) is 4.74 Å². The quantitative estimate of drug-likeness (QED) is 0.600. The maximum absolute atomic E-state index is 11.8. The lowest BCUT2D eigenvalue weighted by Crippen LogP contribution is -2.23. The van der Waals surface area contributed by atoms with Crippen LogP contribution < -0.4 is 0 Å². The number of ether oxygens (including phenoxy) is 1. The summed E-state index contributed by atoms with van der Waals surface area (Å²) in [5.41, 5.74) is 0.443. The predicted molar refractivity (Wildman–Crippen MR) is 62.3 cm³/mol. The number of aliphatic hydroxyl groups excluding tert-OH is 1. The molecule has 1 N–H and O–H groups in total. The number of fused-ring (bicyclic) bond motifs is 1. The molecule has 1 aliphatic rings. The standard InChI is InChI=1S/C13H10O5/c1-6-10(14)8-4-3-7(13(17)18-2)5-9(8)12(16)11(6)15/h3-5,14H,1-2H3. The van der Waals surface area contributed by atoms with Crippen LogP contribution in [-0.2, 0) is 9.53 Å². The molecule has 0 amide bonds. The lowest BCUT2D eigenvalue weighted by atomic mass is 9.88. The predicted octanol–water partition coefficient (Wildman–Crippen LogP) is 1.53. The minimum Gasteiger partial charge on any atom is -0.507 e. The molecule has 0 bridgehead atoms. The maximum atomic E-state index is 11.8. The van der Waals surface area contributed by atoms with Gasteiger partial charge in [0.25, 0.3) is 0 Å². The first-order valence-electron chi connectivity index (χ1n) is 5.19. The highest BCUT2D eigenvalue weighted by Crippen LogP contribution is 2.28. The molecule has 18 heavy (non-hydrogen) atoms. The van der Waals surface area contributed by atoms with Crippen molar-refractivity contribution in [2.45, 2.75) is 6.92 Å². The number of allylic oxidation sites excluding steroid dienone is 1. The van der Waals surface area contributed by atoms with Crippen LogP contribution in [0, 0.1) is 0 Å². The fraction of sp³-hybridized carbons (Fsp3) is 0.154. The minimum absolute atomic E-state index is 0.0123. The Bertz CT molecular complexity index is 610. The molecule has 0 aliphatic heterocycles. The van der Waals surface area contributed by atoms with Gasteiger partial charge in [0.15, 0.2) is 0 Å². The van der Waals surface area contributed by atoms with Crippen molar-refractivity contribution in [3.63, 3.8) is 0 Å². The zero-order valence-corrected chi connectivity index (χ0v) is 9.81. The summed E-state index contributed by atoms with van der Waals surface area (Å²) in [6.07, 6.45) is 0. The van der Waals surface area contributed by atoms with Crippen molar-refractivity contribution in [3.8, 4) is 0 Å². The van der Waals surface area contributed by atoms with Crippen molar-refractivity contribution in [1.82, 2.24) is 0 Å². The van der Waals surface area contributed by atoms with E-state index in [-0.39, 0.29) is 28.0 Å². The Labute approximate surface area is 103 Å². The fourth-order valence-corrected chi connectivity index (χ4v) is 1.79. The summed E-state index contributed by atoms with van der Waals surface area (Å²) in [5, 5.41) is 9.80. The first-order valence-corrected chi connectivity index (χ1v) is 5.19. The topological polar surface area (TPSA) is 80.7 Å². The summed E-state index contributed by atoms with van der Waals surface area (Å²) in [4.78, 5) is 34.7. The number of rotatable bonds is 1. The van der Waals surface area contributed by atoms with Gasteiger partial charge in [0, 0.05) is 16.7 Å². The van der Waals surface area contributed by atoms with E-state index in [4.69, 9.17) is 0 Å². The van der Waals surface area contributed by atoms with Crippen molar-refractivity contribution < 1.29 is 24.2 Å². The van der Waals surface area contributed by atoms with Crippen molar-refractivity contribution in [2.24, 2.45) is 0 Å². The second-order valence-electron chi connectivity index (χ2n) is 3.88. The van der Waals surface area contributed by atoms with Crippen LogP contribution in [0.5, 0.6) is 0 Å². The van der Waals surface area contributed by atoms with Crippen LogP contribution in [0.4, 0.5) is 0 Å². The number of Topliss-reactive ketones (excluding diaryl/α,β-unsaturated/α-hetero) is 2. The second-order valence-corrected chi connectivity index (χ2v) is 3.88. The van der Waals surface area contributed by atoms with Crippen LogP contribution in [0.3, 0.4) is 0 Å². The summed E-state index contributed by atoms with van der Waals surface area (Å²) >= 11 is 0. The number of esters is 1. The number of methoxy groups -OCH3 is 1. The number of ketones is 2.